The monoisotopic (exact) mass is 578 g/mol. The molecule has 2 atom stereocenters. The van der Waals surface area contributed by atoms with E-state index >= 15 is 0 Å². The van der Waals surface area contributed by atoms with E-state index in [4.69, 9.17) is 4.74 Å². The van der Waals surface area contributed by atoms with Crippen molar-refractivity contribution >= 4 is 51.3 Å². The summed E-state index contributed by atoms with van der Waals surface area (Å²) in [4.78, 5) is 49.9. The predicted octanol–water partition coefficient (Wildman–Crippen LogP) is 3.60. The number of ketones is 1. The Morgan fingerprint density at radius 1 is 1.06 bits per heavy atom. The summed E-state index contributed by atoms with van der Waals surface area (Å²) in [6.07, 6.45) is -0.534. The maximum Gasteiger partial charge on any atom is 0.305 e. The van der Waals surface area contributed by atoms with Gasteiger partial charge < -0.3 is 20.5 Å². The highest BCUT2D eigenvalue weighted by Crippen LogP contribution is 2.23. The highest BCUT2D eigenvalue weighted by Gasteiger charge is 2.30. The number of carboxylic acids is 1. The minimum atomic E-state index is -1.20. The topological polar surface area (TPSA) is 122 Å². The number of carbonyl (C=O) groups excluding carboxylic acids is 3. The van der Waals surface area contributed by atoms with Gasteiger partial charge in [-0.15, -0.1) is 11.8 Å². The van der Waals surface area contributed by atoms with Gasteiger partial charge in [-0.25, -0.2) is 0 Å². The summed E-state index contributed by atoms with van der Waals surface area (Å²) < 4.78 is 5.93. The van der Waals surface area contributed by atoms with Crippen LogP contribution < -0.4 is 15.4 Å². The third kappa shape index (κ3) is 9.66. The standard InChI is InChI=1S/C26H31BrN2O6S/c1-16(2)25(29-23(31)12-18-11-19(35-3)9-10-20(18)27)26(34)28-21(13-24(32)33)22(30)15-36-14-17-7-5-4-6-8-17/h4-11,16,21,25H,12-15H2,1-3H3,(H,28,34)(H,29,31)(H,32,33). The van der Waals surface area contributed by atoms with Crippen LogP contribution in [-0.2, 0) is 31.4 Å². The molecule has 0 saturated heterocycles. The SMILES string of the molecule is COc1ccc(Br)c(CC(=O)NC(C(=O)NC(CC(=O)O)C(=O)CSCc2ccccc2)C(C)C)c1. The van der Waals surface area contributed by atoms with E-state index in [0.717, 1.165) is 10.0 Å². The smallest absolute Gasteiger partial charge is 0.305 e. The molecule has 0 heterocycles. The van der Waals surface area contributed by atoms with E-state index in [0.29, 0.717) is 17.1 Å². The Labute approximate surface area is 223 Å². The van der Waals surface area contributed by atoms with Crippen molar-refractivity contribution in [2.75, 3.05) is 12.9 Å². The molecule has 0 bridgehead atoms. The second kappa shape index (κ2) is 14.6. The number of hydrogen-bond acceptors (Lipinski definition) is 6. The van der Waals surface area contributed by atoms with Crippen molar-refractivity contribution < 1.29 is 29.0 Å². The van der Waals surface area contributed by atoms with Crippen LogP contribution in [-0.4, -0.2) is 53.6 Å². The molecule has 0 saturated carbocycles. The quantitative estimate of drug-likeness (QED) is 0.313. The van der Waals surface area contributed by atoms with Gasteiger partial charge in [0.2, 0.25) is 11.8 Å². The Kier molecular flexibility index (Phi) is 12.0. The van der Waals surface area contributed by atoms with Gasteiger partial charge in [0, 0.05) is 10.2 Å². The molecule has 0 aliphatic carbocycles. The van der Waals surface area contributed by atoms with Crippen molar-refractivity contribution in [2.24, 2.45) is 5.92 Å². The summed E-state index contributed by atoms with van der Waals surface area (Å²) in [7, 11) is 1.53. The first-order valence-electron chi connectivity index (χ1n) is 11.4. The molecular weight excluding hydrogens is 548 g/mol. The van der Waals surface area contributed by atoms with Crippen molar-refractivity contribution in [3.8, 4) is 5.75 Å². The van der Waals surface area contributed by atoms with Gasteiger partial charge in [-0.05, 0) is 35.2 Å². The van der Waals surface area contributed by atoms with Crippen LogP contribution in [0.3, 0.4) is 0 Å². The normalized spacial score (nSPS) is 12.5. The second-order valence-corrected chi connectivity index (χ2v) is 10.4. The Hall–Kier alpha value is -2.85. The van der Waals surface area contributed by atoms with Gasteiger partial charge in [0.05, 0.1) is 31.7 Å². The van der Waals surface area contributed by atoms with E-state index in [1.165, 1.54) is 18.9 Å². The summed E-state index contributed by atoms with van der Waals surface area (Å²) >= 11 is 4.76. The van der Waals surface area contributed by atoms with Gasteiger partial charge in [0.15, 0.2) is 5.78 Å². The molecule has 0 aromatic heterocycles. The molecule has 0 radical (unpaired) electrons. The zero-order chi connectivity index (χ0) is 26.7. The maximum absolute atomic E-state index is 13.0. The van der Waals surface area contributed by atoms with E-state index < -0.39 is 36.3 Å². The lowest BCUT2D eigenvalue weighted by molar-refractivity contribution is -0.140. The molecule has 0 fully saturated rings. The first-order valence-corrected chi connectivity index (χ1v) is 13.3. The van der Waals surface area contributed by atoms with Crippen molar-refractivity contribution in [2.45, 2.75) is 44.5 Å². The van der Waals surface area contributed by atoms with E-state index in [9.17, 15) is 24.3 Å². The van der Waals surface area contributed by atoms with Crippen molar-refractivity contribution in [3.05, 3.63) is 64.1 Å². The van der Waals surface area contributed by atoms with Crippen LogP contribution in [0.4, 0.5) is 0 Å². The number of rotatable bonds is 14. The van der Waals surface area contributed by atoms with Crippen LogP contribution >= 0.6 is 27.7 Å². The molecule has 2 aromatic rings. The third-order valence-corrected chi connectivity index (χ3v) is 7.11. The largest absolute Gasteiger partial charge is 0.497 e. The van der Waals surface area contributed by atoms with Gasteiger partial charge in [-0.1, -0.05) is 60.1 Å². The van der Waals surface area contributed by atoms with Gasteiger partial charge in [0.1, 0.15) is 11.8 Å². The summed E-state index contributed by atoms with van der Waals surface area (Å²) in [5.74, 6) is -1.64. The van der Waals surface area contributed by atoms with E-state index in [1.54, 1.807) is 32.0 Å². The van der Waals surface area contributed by atoms with Gasteiger partial charge in [-0.2, -0.15) is 0 Å². The number of hydrogen-bond donors (Lipinski definition) is 3. The number of halogens is 1. The minimum absolute atomic E-state index is 0.00188. The zero-order valence-corrected chi connectivity index (χ0v) is 22.9. The number of carboxylic acid groups (broad SMARTS) is 1. The van der Waals surface area contributed by atoms with Gasteiger partial charge in [-0.3, -0.25) is 19.2 Å². The van der Waals surface area contributed by atoms with Crippen LogP contribution in [0, 0.1) is 5.92 Å². The highest BCUT2D eigenvalue weighted by atomic mass is 79.9. The van der Waals surface area contributed by atoms with Crippen LogP contribution in [0.1, 0.15) is 31.4 Å². The summed E-state index contributed by atoms with van der Waals surface area (Å²) in [6, 6.07) is 12.7. The Bertz CT molecular complexity index is 1060. The number of nitrogens with one attached hydrogen (secondary N) is 2. The fourth-order valence-corrected chi connectivity index (χ4v) is 4.69. The van der Waals surface area contributed by atoms with Crippen molar-refractivity contribution in [1.29, 1.82) is 0 Å². The number of thioether (sulfide) groups is 1. The average Bonchev–Trinajstić information content (AvgIpc) is 2.83. The molecule has 8 nitrogen and oxygen atoms in total. The van der Waals surface area contributed by atoms with Crippen LogP contribution in [0.5, 0.6) is 5.75 Å². The molecule has 2 unspecified atom stereocenters. The molecule has 194 valence electrons. The molecule has 0 aliphatic heterocycles. The highest BCUT2D eigenvalue weighted by molar-refractivity contribution is 9.10. The number of benzene rings is 2. The number of amides is 2. The number of ether oxygens (including phenoxy) is 1. The first-order chi connectivity index (χ1) is 17.1. The minimum Gasteiger partial charge on any atom is -0.497 e. The molecule has 2 rings (SSSR count). The summed E-state index contributed by atoms with van der Waals surface area (Å²) in [6.45, 7) is 3.52. The number of aliphatic carboxylic acids is 1. The number of carbonyl (C=O) groups is 4. The van der Waals surface area contributed by atoms with Crippen LogP contribution in [0.25, 0.3) is 0 Å². The van der Waals surface area contributed by atoms with Crippen molar-refractivity contribution in [1.82, 2.24) is 10.6 Å². The molecular formula is C26H31BrN2O6S. The molecule has 3 N–H and O–H groups in total. The fraction of sp³-hybridized carbons (Fsp3) is 0.385. The fourth-order valence-electron chi connectivity index (χ4n) is 3.37. The zero-order valence-electron chi connectivity index (χ0n) is 20.5. The predicted molar refractivity (Wildman–Crippen MR) is 143 cm³/mol. The molecule has 36 heavy (non-hydrogen) atoms. The van der Waals surface area contributed by atoms with Gasteiger partial charge in [0.25, 0.3) is 0 Å². The van der Waals surface area contributed by atoms with E-state index in [1.807, 2.05) is 30.3 Å². The van der Waals surface area contributed by atoms with Crippen LogP contribution in [0.15, 0.2) is 53.0 Å². The first kappa shape index (κ1) is 29.4. The second-order valence-electron chi connectivity index (χ2n) is 8.53. The molecule has 0 aliphatic rings. The van der Waals surface area contributed by atoms with E-state index in [2.05, 4.69) is 26.6 Å². The number of methoxy groups -OCH3 is 1. The molecule has 0 spiro atoms. The van der Waals surface area contributed by atoms with Gasteiger partial charge >= 0.3 is 5.97 Å². The maximum atomic E-state index is 13.0. The van der Waals surface area contributed by atoms with Crippen LogP contribution in [0.2, 0.25) is 0 Å². The molecule has 2 amide bonds. The number of Topliss-reactive ketones (excluding diaryl/α,β-unsaturated/α-hetero) is 1. The van der Waals surface area contributed by atoms with Crippen molar-refractivity contribution in [3.63, 3.8) is 0 Å². The third-order valence-electron chi connectivity index (χ3n) is 5.31. The lowest BCUT2D eigenvalue weighted by Crippen LogP contribution is -2.54. The molecule has 10 heteroatoms. The van der Waals surface area contributed by atoms with E-state index in [-0.39, 0.29) is 23.9 Å². The Balaban J connectivity index is 2.02. The Morgan fingerprint density at radius 3 is 2.36 bits per heavy atom. The lowest BCUT2D eigenvalue weighted by Gasteiger charge is -2.24. The lowest BCUT2D eigenvalue weighted by atomic mass is 10.0. The Morgan fingerprint density at radius 2 is 1.75 bits per heavy atom. The summed E-state index contributed by atoms with van der Waals surface area (Å²) in [5, 5.41) is 14.5. The summed E-state index contributed by atoms with van der Waals surface area (Å²) in [5.41, 5.74) is 1.73. The average molecular weight is 580 g/mol. The molecule has 2 aromatic carbocycles.